The number of aromatic nitrogens is 2. The van der Waals surface area contributed by atoms with Gasteiger partial charge in [-0.25, -0.2) is 0 Å². The maximum Gasteiger partial charge on any atom is 0.256 e. The topological polar surface area (TPSA) is 46.1 Å². The molecule has 120 valence electrons. The van der Waals surface area contributed by atoms with Crippen molar-refractivity contribution in [1.82, 2.24) is 14.9 Å². The van der Waals surface area contributed by atoms with Gasteiger partial charge in [-0.1, -0.05) is 36.4 Å². The molecular weight excluding hydrogens is 366 g/mol. The molecule has 3 rings (SSSR count). The van der Waals surface area contributed by atoms with Crippen LogP contribution in [-0.4, -0.2) is 27.8 Å². The van der Waals surface area contributed by atoms with Crippen molar-refractivity contribution >= 4 is 21.8 Å². The Kier molecular flexibility index (Phi) is 5.01. The summed E-state index contributed by atoms with van der Waals surface area (Å²) in [5.41, 5.74) is 2.36. The van der Waals surface area contributed by atoms with Gasteiger partial charge in [0.15, 0.2) is 0 Å². The van der Waals surface area contributed by atoms with E-state index < -0.39 is 0 Å². The average Bonchev–Trinajstić information content (AvgIpc) is 2.63. The van der Waals surface area contributed by atoms with E-state index in [0.29, 0.717) is 5.56 Å². The minimum atomic E-state index is -0.265. The summed E-state index contributed by atoms with van der Waals surface area (Å²) < 4.78 is 0.774. The first-order valence-electron chi connectivity index (χ1n) is 7.50. The van der Waals surface area contributed by atoms with Crippen LogP contribution in [0.2, 0.25) is 0 Å². The van der Waals surface area contributed by atoms with Crippen molar-refractivity contribution in [3.8, 4) is 0 Å². The van der Waals surface area contributed by atoms with Crippen LogP contribution in [-0.2, 0) is 0 Å². The van der Waals surface area contributed by atoms with Gasteiger partial charge < -0.3 is 4.90 Å². The van der Waals surface area contributed by atoms with E-state index in [1.165, 1.54) is 0 Å². The predicted octanol–water partition coefficient (Wildman–Crippen LogP) is 4.10. The molecule has 0 bridgehead atoms. The van der Waals surface area contributed by atoms with Crippen LogP contribution in [0.4, 0.5) is 0 Å². The Morgan fingerprint density at radius 1 is 1.08 bits per heavy atom. The van der Waals surface area contributed by atoms with Crippen LogP contribution in [0, 0.1) is 0 Å². The molecule has 0 aliphatic heterocycles. The summed E-state index contributed by atoms with van der Waals surface area (Å²) >= 11 is 3.36. The third kappa shape index (κ3) is 3.51. The van der Waals surface area contributed by atoms with Crippen LogP contribution in [0.3, 0.4) is 0 Å². The van der Waals surface area contributed by atoms with Crippen molar-refractivity contribution in [1.29, 1.82) is 0 Å². The molecule has 0 spiro atoms. The van der Waals surface area contributed by atoms with Crippen LogP contribution in [0.15, 0.2) is 77.7 Å². The van der Waals surface area contributed by atoms with E-state index in [-0.39, 0.29) is 11.9 Å². The predicted molar refractivity (Wildman–Crippen MR) is 96.6 cm³/mol. The van der Waals surface area contributed by atoms with E-state index in [0.717, 1.165) is 15.7 Å². The molecule has 4 nitrogen and oxygen atoms in total. The standard InChI is InChI=1S/C19H16BrN3O/c1-23(19(24)15-11-16(20)13-21-12-15)18(14-7-3-2-4-8-14)17-9-5-6-10-22-17/h2-13,18H,1H3. The highest BCUT2D eigenvalue weighted by atomic mass is 79.9. The van der Waals surface area contributed by atoms with Crippen LogP contribution in [0.25, 0.3) is 0 Å². The number of pyridine rings is 2. The Hall–Kier alpha value is -2.53. The van der Waals surface area contributed by atoms with Gasteiger partial charge in [-0.3, -0.25) is 14.8 Å². The number of amides is 1. The number of carbonyl (C=O) groups is 1. The Morgan fingerprint density at radius 2 is 1.83 bits per heavy atom. The van der Waals surface area contributed by atoms with Crippen LogP contribution in [0.5, 0.6) is 0 Å². The molecule has 24 heavy (non-hydrogen) atoms. The first-order valence-corrected chi connectivity index (χ1v) is 8.29. The lowest BCUT2D eigenvalue weighted by Gasteiger charge is -2.28. The minimum absolute atomic E-state index is 0.108. The van der Waals surface area contributed by atoms with Crippen LogP contribution < -0.4 is 0 Å². The summed E-state index contributed by atoms with van der Waals surface area (Å²) in [6.07, 6.45) is 4.97. The lowest BCUT2D eigenvalue weighted by molar-refractivity contribution is 0.0752. The van der Waals surface area contributed by atoms with Gasteiger partial charge in [-0.2, -0.15) is 0 Å². The summed E-state index contributed by atoms with van der Waals surface area (Å²) in [5, 5.41) is 0. The van der Waals surface area contributed by atoms with Crippen molar-refractivity contribution in [2.75, 3.05) is 7.05 Å². The third-order valence-electron chi connectivity index (χ3n) is 3.74. The zero-order valence-corrected chi connectivity index (χ0v) is 14.7. The van der Waals surface area contributed by atoms with Gasteiger partial charge in [0.2, 0.25) is 0 Å². The fourth-order valence-electron chi connectivity index (χ4n) is 2.62. The molecule has 0 saturated carbocycles. The molecule has 0 fully saturated rings. The molecule has 2 heterocycles. The maximum absolute atomic E-state index is 12.9. The first kappa shape index (κ1) is 16.3. The Balaban J connectivity index is 2.01. The molecule has 1 unspecified atom stereocenters. The Labute approximate surface area is 149 Å². The molecule has 0 aliphatic carbocycles. The highest BCUT2D eigenvalue weighted by molar-refractivity contribution is 9.10. The summed E-state index contributed by atoms with van der Waals surface area (Å²) in [4.78, 5) is 23.2. The van der Waals surface area contributed by atoms with E-state index in [2.05, 4.69) is 25.9 Å². The van der Waals surface area contributed by atoms with Gasteiger partial charge in [0.25, 0.3) is 5.91 Å². The zero-order valence-electron chi connectivity index (χ0n) is 13.1. The monoisotopic (exact) mass is 381 g/mol. The largest absolute Gasteiger partial charge is 0.329 e. The highest BCUT2D eigenvalue weighted by Crippen LogP contribution is 2.27. The summed E-state index contributed by atoms with van der Waals surface area (Å²) in [5.74, 6) is -0.108. The average molecular weight is 382 g/mol. The molecule has 5 heteroatoms. The van der Waals surface area contributed by atoms with Crippen molar-refractivity contribution < 1.29 is 4.79 Å². The van der Waals surface area contributed by atoms with E-state index in [4.69, 9.17) is 0 Å². The van der Waals surface area contributed by atoms with E-state index in [1.807, 2.05) is 48.5 Å². The van der Waals surface area contributed by atoms with Crippen molar-refractivity contribution in [3.63, 3.8) is 0 Å². The number of carbonyl (C=O) groups excluding carboxylic acids is 1. The second kappa shape index (κ2) is 7.36. The summed E-state index contributed by atoms with van der Waals surface area (Å²) in [7, 11) is 1.79. The molecule has 0 N–H and O–H groups in total. The van der Waals surface area contributed by atoms with Crippen LogP contribution in [0.1, 0.15) is 27.7 Å². The molecule has 0 saturated heterocycles. The zero-order chi connectivity index (χ0) is 16.9. The fourth-order valence-corrected chi connectivity index (χ4v) is 2.98. The van der Waals surface area contributed by atoms with Gasteiger partial charge in [0.05, 0.1) is 17.3 Å². The maximum atomic E-state index is 12.9. The lowest BCUT2D eigenvalue weighted by atomic mass is 10.0. The number of nitrogens with zero attached hydrogens (tertiary/aromatic N) is 3. The van der Waals surface area contributed by atoms with Crippen molar-refractivity contribution in [2.45, 2.75) is 6.04 Å². The SMILES string of the molecule is CN(C(=O)c1cncc(Br)c1)C(c1ccccc1)c1ccccn1. The molecule has 2 aromatic heterocycles. The molecule has 3 aromatic rings. The van der Waals surface area contributed by atoms with Crippen molar-refractivity contribution in [3.05, 3.63) is 94.5 Å². The van der Waals surface area contributed by atoms with E-state index in [9.17, 15) is 4.79 Å². The van der Waals surface area contributed by atoms with Gasteiger partial charge in [0.1, 0.15) is 0 Å². The summed E-state index contributed by atoms with van der Waals surface area (Å²) in [6, 6.07) is 17.1. The molecular formula is C19H16BrN3O. The van der Waals surface area contributed by atoms with Gasteiger partial charge >= 0.3 is 0 Å². The fraction of sp³-hybridized carbons (Fsp3) is 0.105. The first-order chi connectivity index (χ1) is 11.7. The number of benzene rings is 1. The number of halogens is 1. The lowest BCUT2D eigenvalue weighted by Crippen LogP contribution is -2.32. The molecule has 0 aliphatic rings. The normalized spacial score (nSPS) is 11.8. The summed E-state index contributed by atoms with van der Waals surface area (Å²) in [6.45, 7) is 0. The Morgan fingerprint density at radius 3 is 2.50 bits per heavy atom. The smallest absolute Gasteiger partial charge is 0.256 e. The van der Waals surface area contributed by atoms with E-state index in [1.54, 1.807) is 36.6 Å². The van der Waals surface area contributed by atoms with Crippen LogP contribution >= 0.6 is 15.9 Å². The number of hydrogen-bond acceptors (Lipinski definition) is 3. The number of rotatable bonds is 4. The van der Waals surface area contributed by atoms with Crippen molar-refractivity contribution in [2.24, 2.45) is 0 Å². The Bertz CT molecular complexity index is 785. The second-order valence-electron chi connectivity index (χ2n) is 5.38. The quantitative estimate of drug-likeness (QED) is 0.683. The molecule has 0 radical (unpaired) electrons. The van der Waals surface area contributed by atoms with Gasteiger partial charge in [-0.05, 0) is 39.7 Å². The number of hydrogen-bond donors (Lipinski definition) is 0. The second-order valence-corrected chi connectivity index (χ2v) is 6.29. The molecule has 1 amide bonds. The minimum Gasteiger partial charge on any atom is -0.329 e. The molecule has 1 aromatic carbocycles. The highest BCUT2D eigenvalue weighted by Gasteiger charge is 2.25. The third-order valence-corrected chi connectivity index (χ3v) is 4.18. The van der Waals surface area contributed by atoms with E-state index >= 15 is 0 Å². The van der Waals surface area contributed by atoms with Gasteiger partial charge in [0, 0.05) is 30.1 Å². The van der Waals surface area contributed by atoms with Gasteiger partial charge in [-0.15, -0.1) is 0 Å². The molecule has 1 atom stereocenters.